The molecule has 0 saturated carbocycles. The van der Waals surface area contributed by atoms with Crippen LogP contribution < -0.4 is 0 Å². The number of H-pyrrole nitrogens is 3. The van der Waals surface area contributed by atoms with E-state index in [0.717, 1.165) is 28.5 Å². The molecule has 3 aromatic rings. The van der Waals surface area contributed by atoms with Crippen molar-refractivity contribution in [1.82, 2.24) is 15.0 Å². The van der Waals surface area contributed by atoms with Crippen LogP contribution >= 0.6 is 0 Å². The molecule has 0 spiro atoms. The van der Waals surface area contributed by atoms with Crippen molar-refractivity contribution in [2.45, 2.75) is 0 Å². The number of aromatic nitrogens is 3. The molecular formula is C14H13N3. The van der Waals surface area contributed by atoms with Crippen molar-refractivity contribution in [1.29, 1.82) is 0 Å². The zero-order chi connectivity index (χ0) is 11.7. The Balaban J connectivity index is 1.97. The molecule has 84 valence electrons. The van der Waals surface area contributed by atoms with Crippen LogP contribution in [0.15, 0.2) is 49.2 Å². The average Bonchev–Trinajstić information content (AvgIpc) is 3.09. The fourth-order valence-electron chi connectivity index (χ4n) is 1.90. The second kappa shape index (κ2) is 3.87. The SMILES string of the molecule is C=Cc1ccc(-c2ccc(-c3ccc[nH]3)[nH]2)[nH]1. The molecule has 17 heavy (non-hydrogen) atoms. The van der Waals surface area contributed by atoms with Gasteiger partial charge in [0, 0.05) is 11.9 Å². The van der Waals surface area contributed by atoms with Crippen LogP contribution in [0.3, 0.4) is 0 Å². The van der Waals surface area contributed by atoms with Crippen LogP contribution in [-0.4, -0.2) is 15.0 Å². The van der Waals surface area contributed by atoms with Gasteiger partial charge in [-0.1, -0.05) is 6.58 Å². The maximum absolute atomic E-state index is 3.74. The fraction of sp³-hybridized carbons (Fsp3) is 0. The number of nitrogens with one attached hydrogen (secondary N) is 3. The first kappa shape index (κ1) is 9.78. The summed E-state index contributed by atoms with van der Waals surface area (Å²) < 4.78 is 0. The standard InChI is InChI=1S/C14H13N3/c1-2-10-5-6-13(16-10)14-8-7-12(17-14)11-4-3-9-15-11/h2-9,15-17H,1H2. The van der Waals surface area contributed by atoms with Gasteiger partial charge < -0.3 is 15.0 Å². The van der Waals surface area contributed by atoms with Crippen molar-refractivity contribution in [3.8, 4) is 22.8 Å². The van der Waals surface area contributed by atoms with Gasteiger partial charge in [0.2, 0.25) is 0 Å². The summed E-state index contributed by atoms with van der Waals surface area (Å²) in [6.45, 7) is 3.74. The molecule has 3 N–H and O–H groups in total. The van der Waals surface area contributed by atoms with Gasteiger partial charge in [-0.3, -0.25) is 0 Å². The largest absolute Gasteiger partial charge is 0.360 e. The number of hydrogen-bond donors (Lipinski definition) is 3. The van der Waals surface area contributed by atoms with Crippen LogP contribution in [0, 0.1) is 0 Å². The van der Waals surface area contributed by atoms with E-state index < -0.39 is 0 Å². The van der Waals surface area contributed by atoms with Crippen molar-refractivity contribution in [2.75, 3.05) is 0 Å². The lowest BCUT2D eigenvalue weighted by molar-refractivity contribution is 1.29. The zero-order valence-electron chi connectivity index (χ0n) is 9.33. The monoisotopic (exact) mass is 223 g/mol. The first-order valence-corrected chi connectivity index (χ1v) is 5.51. The molecule has 3 heterocycles. The average molecular weight is 223 g/mol. The summed E-state index contributed by atoms with van der Waals surface area (Å²) in [6, 6.07) is 12.2. The maximum atomic E-state index is 3.74. The molecule has 3 rings (SSSR count). The van der Waals surface area contributed by atoms with Crippen LogP contribution in [0.4, 0.5) is 0 Å². The summed E-state index contributed by atoms with van der Waals surface area (Å²) in [7, 11) is 0. The van der Waals surface area contributed by atoms with E-state index in [-0.39, 0.29) is 0 Å². The Morgan fingerprint density at radius 1 is 0.824 bits per heavy atom. The Labute approximate surface area is 99.2 Å². The summed E-state index contributed by atoms with van der Waals surface area (Å²) in [5.74, 6) is 0. The Morgan fingerprint density at radius 2 is 1.53 bits per heavy atom. The van der Waals surface area contributed by atoms with E-state index in [4.69, 9.17) is 0 Å². The lowest BCUT2D eigenvalue weighted by Crippen LogP contribution is -1.80. The van der Waals surface area contributed by atoms with Crippen LogP contribution in [0.2, 0.25) is 0 Å². The van der Waals surface area contributed by atoms with E-state index in [0.29, 0.717) is 0 Å². The molecule has 0 amide bonds. The third kappa shape index (κ3) is 1.72. The number of rotatable bonds is 3. The highest BCUT2D eigenvalue weighted by molar-refractivity contribution is 5.65. The minimum atomic E-state index is 1.02. The molecule has 0 aliphatic carbocycles. The third-order valence-electron chi connectivity index (χ3n) is 2.79. The van der Waals surface area contributed by atoms with Gasteiger partial charge in [0.1, 0.15) is 0 Å². The lowest BCUT2D eigenvalue weighted by Gasteiger charge is -1.94. The van der Waals surface area contributed by atoms with Gasteiger partial charge in [0.25, 0.3) is 0 Å². The van der Waals surface area contributed by atoms with Crippen molar-refractivity contribution >= 4 is 6.08 Å². The minimum Gasteiger partial charge on any atom is -0.360 e. The Morgan fingerprint density at radius 3 is 2.18 bits per heavy atom. The van der Waals surface area contributed by atoms with E-state index in [1.54, 1.807) is 6.08 Å². The highest BCUT2D eigenvalue weighted by Gasteiger charge is 2.05. The van der Waals surface area contributed by atoms with E-state index >= 15 is 0 Å². The van der Waals surface area contributed by atoms with Crippen LogP contribution in [0.1, 0.15) is 5.69 Å². The van der Waals surface area contributed by atoms with Crippen molar-refractivity contribution in [2.24, 2.45) is 0 Å². The van der Waals surface area contributed by atoms with Crippen LogP contribution in [0.25, 0.3) is 28.9 Å². The lowest BCUT2D eigenvalue weighted by atomic mass is 10.3. The number of aromatic amines is 3. The second-order valence-corrected chi connectivity index (χ2v) is 3.90. The predicted molar refractivity (Wildman–Crippen MR) is 70.5 cm³/mol. The van der Waals surface area contributed by atoms with Crippen molar-refractivity contribution in [3.05, 3.63) is 54.9 Å². The fourth-order valence-corrected chi connectivity index (χ4v) is 1.90. The van der Waals surface area contributed by atoms with Crippen molar-refractivity contribution in [3.63, 3.8) is 0 Å². The van der Waals surface area contributed by atoms with E-state index in [2.05, 4.69) is 33.7 Å². The molecule has 3 heteroatoms. The zero-order valence-corrected chi connectivity index (χ0v) is 9.33. The van der Waals surface area contributed by atoms with Gasteiger partial charge in [0.15, 0.2) is 0 Å². The molecule has 0 unspecified atom stereocenters. The normalized spacial score (nSPS) is 10.6. The molecule has 3 nitrogen and oxygen atoms in total. The maximum Gasteiger partial charge on any atom is 0.0624 e. The van der Waals surface area contributed by atoms with Gasteiger partial charge >= 0.3 is 0 Å². The number of hydrogen-bond acceptors (Lipinski definition) is 0. The highest BCUT2D eigenvalue weighted by Crippen LogP contribution is 2.23. The first-order chi connectivity index (χ1) is 8.36. The molecule has 3 aromatic heterocycles. The van der Waals surface area contributed by atoms with E-state index in [1.807, 2.05) is 30.5 Å². The molecule has 0 fully saturated rings. The van der Waals surface area contributed by atoms with E-state index in [9.17, 15) is 0 Å². The summed E-state index contributed by atoms with van der Waals surface area (Å²) in [5.41, 5.74) is 5.34. The Hall–Kier alpha value is -2.42. The molecule has 0 saturated heterocycles. The van der Waals surface area contributed by atoms with Crippen LogP contribution in [-0.2, 0) is 0 Å². The van der Waals surface area contributed by atoms with Crippen LogP contribution in [0.5, 0.6) is 0 Å². The smallest absolute Gasteiger partial charge is 0.0624 e. The topological polar surface area (TPSA) is 47.4 Å². The highest BCUT2D eigenvalue weighted by atomic mass is 14.8. The molecule has 0 bridgehead atoms. The summed E-state index contributed by atoms with van der Waals surface area (Å²) in [5, 5.41) is 0. The van der Waals surface area contributed by atoms with Gasteiger partial charge in [0.05, 0.1) is 22.8 Å². The van der Waals surface area contributed by atoms with Gasteiger partial charge in [-0.05, 0) is 42.5 Å². The molecule has 0 aliphatic heterocycles. The Bertz CT molecular complexity index is 626. The van der Waals surface area contributed by atoms with Crippen molar-refractivity contribution < 1.29 is 0 Å². The van der Waals surface area contributed by atoms with Gasteiger partial charge in [-0.25, -0.2) is 0 Å². The van der Waals surface area contributed by atoms with Gasteiger partial charge in [-0.2, -0.15) is 0 Å². The Kier molecular flexibility index (Phi) is 2.22. The predicted octanol–water partition coefficient (Wildman–Crippen LogP) is 3.65. The third-order valence-corrected chi connectivity index (χ3v) is 2.79. The molecule has 0 aromatic carbocycles. The van der Waals surface area contributed by atoms with E-state index in [1.165, 1.54) is 0 Å². The molecular weight excluding hydrogens is 210 g/mol. The summed E-state index contributed by atoms with van der Waals surface area (Å²) in [6.07, 6.45) is 3.72. The minimum absolute atomic E-state index is 1.02. The summed E-state index contributed by atoms with van der Waals surface area (Å²) >= 11 is 0. The second-order valence-electron chi connectivity index (χ2n) is 3.90. The molecule has 0 atom stereocenters. The molecule has 0 aliphatic rings. The molecule has 0 radical (unpaired) electrons. The summed E-state index contributed by atoms with van der Waals surface area (Å²) in [4.78, 5) is 9.83. The van der Waals surface area contributed by atoms with Gasteiger partial charge in [-0.15, -0.1) is 0 Å². The quantitative estimate of drug-likeness (QED) is 0.607. The first-order valence-electron chi connectivity index (χ1n) is 5.51.